The molecule has 0 spiro atoms. The zero-order chi connectivity index (χ0) is 19.7. The summed E-state index contributed by atoms with van der Waals surface area (Å²) < 4.78 is 6.50. The predicted octanol–water partition coefficient (Wildman–Crippen LogP) is 3.25. The maximum atomic E-state index is 13.0. The van der Waals surface area contributed by atoms with E-state index in [0.29, 0.717) is 22.3 Å². The highest BCUT2D eigenvalue weighted by Gasteiger charge is 2.25. The summed E-state index contributed by atoms with van der Waals surface area (Å²) in [5.41, 5.74) is 0.364. The van der Waals surface area contributed by atoms with Gasteiger partial charge in [0.1, 0.15) is 17.1 Å². The zero-order valence-corrected chi connectivity index (χ0v) is 16.3. The summed E-state index contributed by atoms with van der Waals surface area (Å²) in [4.78, 5) is 28.0. The summed E-state index contributed by atoms with van der Waals surface area (Å²) in [5.74, 6) is -0.210. The van der Waals surface area contributed by atoms with Crippen LogP contribution in [0, 0.1) is 0 Å². The minimum absolute atomic E-state index is 0.249. The van der Waals surface area contributed by atoms with E-state index in [9.17, 15) is 14.7 Å². The molecule has 0 bridgehead atoms. The molecule has 1 aromatic heterocycles. The fraction of sp³-hybridized carbons (Fsp3) is 0.200. The third-order valence-corrected chi connectivity index (χ3v) is 5.28. The number of rotatable bonds is 4. The van der Waals surface area contributed by atoms with Crippen LogP contribution in [0.5, 0.6) is 11.5 Å². The second-order valence-corrected chi connectivity index (χ2v) is 6.91. The number of aromatic nitrogens is 1. The van der Waals surface area contributed by atoms with Gasteiger partial charge in [0.2, 0.25) is 0 Å². The molecule has 1 heterocycles. The quantitative estimate of drug-likeness (QED) is 0.699. The highest BCUT2D eigenvalue weighted by atomic mass is 32.2. The maximum Gasteiger partial charge on any atom is 0.267 e. The third kappa shape index (κ3) is 3.26. The summed E-state index contributed by atoms with van der Waals surface area (Å²) in [6.45, 7) is 0. The summed E-state index contributed by atoms with van der Waals surface area (Å²) in [6, 6.07) is 12.3. The first-order valence-electron chi connectivity index (χ1n) is 8.20. The highest BCUT2D eigenvalue weighted by molar-refractivity contribution is 7.98. The van der Waals surface area contributed by atoms with Crippen molar-refractivity contribution >= 4 is 34.3 Å². The van der Waals surface area contributed by atoms with Crippen molar-refractivity contribution in [2.75, 3.05) is 25.3 Å². The fourth-order valence-corrected chi connectivity index (χ4v) is 3.36. The number of pyridine rings is 1. The molecule has 0 saturated heterocycles. The lowest BCUT2D eigenvalue weighted by atomic mass is 10.1. The SMILES string of the molecule is COc1ccc(N(C)C(=O)c2c(O)c3cc(SC)ccc3n(C)c2=O)cc1. The van der Waals surface area contributed by atoms with Gasteiger partial charge < -0.3 is 19.3 Å². The van der Waals surface area contributed by atoms with E-state index in [0.717, 1.165) is 4.90 Å². The van der Waals surface area contributed by atoms with Crippen LogP contribution in [0.25, 0.3) is 10.9 Å². The minimum Gasteiger partial charge on any atom is -0.506 e. The molecular formula is C20H20N2O4S. The van der Waals surface area contributed by atoms with E-state index in [1.54, 1.807) is 57.6 Å². The molecule has 27 heavy (non-hydrogen) atoms. The number of carbonyl (C=O) groups excluding carboxylic acids is 1. The van der Waals surface area contributed by atoms with Crippen LogP contribution in [0.3, 0.4) is 0 Å². The molecule has 140 valence electrons. The third-order valence-electron chi connectivity index (χ3n) is 4.55. The van der Waals surface area contributed by atoms with E-state index in [2.05, 4.69) is 0 Å². The number of thioether (sulfide) groups is 1. The van der Waals surface area contributed by atoms with Crippen molar-refractivity contribution in [3.63, 3.8) is 0 Å². The van der Waals surface area contributed by atoms with Gasteiger partial charge in [-0.1, -0.05) is 0 Å². The van der Waals surface area contributed by atoms with Crippen molar-refractivity contribution < 1.29 is 14.6 Å². The van der Waals surface area contributed by atoms with Crippen molar-refractivity contribution in [3.05, 3.63) is 58.4 Å². The summed E-state index contributed by atoms with van der Waals surface area (Å²) in [6.07, 6.45) is 1.92. The van der Waals surface area contributed by atoms with Crippen LogP contribution in [0.1, 0.15) is 10.4 Å². The molecular weight excluding hydrogens is 364 g/mol. The molecule has 3 aromatic rings. The Hall–Kier alpha value is -2.93. The second-order valence-electron chi connectivity index (χ2n) is 6.03. The van der Waals surface area contributed by atoms with Crippen LogP contribution in [0.15, 0.2) is 52.2 Å². The molecule has 7 heteroatoms. The van der Waals surface area contributed by atoms with Crippen LogP contribution in [0.4, 0.5) is 5.69 Å². The molecule has 0 saturated carbocycles. The Bertz CT molecular complexity index is 1070. The van der Waals surface area contributed by atoms with Crippen LogP contribution in [-0.4, -0.2) is 36.0 Å². The average Bonchev–Trinajstić information content (AvgIpc) is 2.71. The van der Waals surface area contributed by atoms with Gasteiger partial charge in [-0.25, -0.2) is 0 Å². The molecule has 0 radical (unpaired) electrons. The van der Waals surface area contributed by atoms with Gasteiger partial charge in [-0.3, -0.25) is 9.59 Å². The number of methoxy groups -OCH3 is 1. The van der Waals surface area contributed by atoms with Crippen LogP contribution < -0.4 is 15.2 Å². The first-order chi connectivity index (χ1) is 12.9. The molecule has 0 aliphatic rings. The summed E-state index contributed by atoms with van der Waals surface area (Å²) in [7, 11) is 4.71. The Balaban J connectivity index is 2.14. The van der Waals surface area contributed by atoms with E-state index in [1.165, 1.54) is 21.2 Å². The van der Waals surface area contributed by atoms with Crippen molar-refractivity contribution in [2.24, 2.45) is 7.05 Å². The topological polar surface area (TPSA) is 71.8 Å². The number of hydrogen-bond acceptors (Lipinski definition) is 5. The first kappa shape index (κ1) is 18.8. The Morgan fingerprint density at radius 2 is 1.85 bits per heavy atom. The molecule has 2 aromatic carbocycles. The molecule has 6 nitrogen and oxygen atoms in total. The lowest BCUT2D eigenvalue weighted by Gasteiger charge is -2.19. The number of fused-ring (bicyclic) bond motifs is 1. The number of nitrogens with zero attached hydrogens (tertiary/aromatic N) is 2. The lowest BCUT2D eigenvalue weighted by Crippen LogP contribution is -2.34. The number of benzene rings is 2. The summed E-state index contributed by atoms with van der Waals surface area (Å²) in [5, 5.41) is 11.2. The van der Waals surface area contributed by atoms with E-state index >= 15 is 0 Å². The zero-order valence-electron chi connectivity index (χ0n) is 15.5. The molecule has 1 amide bonds. The number of aromatic hydroxyl groups is 1. The molecule has 3 rings (SSSR count). The minimum atomic E-state index is -0.574. The van der Waals surface area contributed by atoms with Gasteiger partial charge >= 0.3 is 0 Å². The molecule has 0 atom stereocenters. The van der Waals surface area contributed by atoms with Gasteiger partial charge in [0, 0.05) is 30.1 Å². The number of aryl methyl sites for hydroxylation is 1. The fourth-order valence-electron chi connectivity index (χ4n) is 2.92. The predicted molar refractivity (Wildman–Crippen MR) is 108 cm³/mol. The normalized spacial score (nSPS) is 10.8. The van der Waals surface area contributed by atoms with Gasteiger partial charge in [-0.15, -0.1) is 11.8 Å². The average molecular weight is 384 g/mol. The molecule has 0 unspecified atom stereocenters. The van der Waals surface area contributed by atoms with Gasteiger partial charge in [0.15, 0.2) is 0 Å². The Morgan fingerprint density at radius 1 is 1.19 bits per heavy atom. The van der Waals surface area contributed by atoms with Crippen molar-refractivity contribution in [3.8, 4) is 11.5 Å². The Morgan fingerprint density at radius 3 is 2.44 bits per heavy atom. The van der Waals surface area contributed by atoms with E-state index in [4.69, 9.17) is 4.74 Å². The van der Waals surface area contributed by atoms with Crippen LogP contribution in [0.2, 0.25) is 0 Å². The van der Waals surface area contributed by atoms with Crippen molar-refractivity contribution in [1.82, 2.24) is 4.57 Å². The molecule has 0 aliphatic heterocycles. The van der Waals surface area contributed by atoms with E-state index < -0.39 is 11.5 Å². The second kappa shape index (κ2) is 7.36. The van der Waals surface area contributed by atoms with Crippen LogP contribution >= 0.6 is 11.8 Å². The largest absolute Gasteiger partial charge is 0.506 e. The van der Waals surface area contributed by atoms with Gasteiger partial charge in [0.25, 0.3) is 11.5 Å². The standard InChI is InChI=1S/C20H20N2O4S/c1-21(12-5-7-13(26-3)8-6-12)19(24)17-18(23)15-11-14(27-4)9-10-16(15)22(2)20(17)25/h5-11,23H,1-4H3. The maximum absolute atomic E-state index is 13.0. The first-order valence-corrected chi connectivity index (χ1v) is 9.43. The molecule has 1 N–H and O–H groups in total. The van der Waals surface area contributed by atoms with E-state index in [-0.39, 0.29) is 11.3 Å². The lowest BCUT2D eigenvalue weighted by molar-refractivity contribution is 0.0988. The number of anilines is 1. The molecule has 0 aliphatic carbocycles. The van der Waals surface area contributed by atoms with Gasteiger partial charge in [-0.2, -0.15) is 0 Å². The number of amides is 1. The number of ether oxygens (including phenoxy) is 1. The monoisotopic (exact) mass is 384 g/mol. The van der Waals surface area contributed by atoms with Crippen molar-refractivity contribution in [1.29, 1.82) is 0 Å². The summed E-state index contributed by atoms with van der Waals surface area (Å²) >= 11 is 1.52. The van der Waals surface area contributed by atoms with Crippen LogP contribution in [-0.2, 0) is 7.05 Å². The molecule has 0 fully saturated rings. The van der Waals surface area contributed by atoms with E-state index in [1.807, 2.05) is 12.3 Å². The smallest absolute Gasteiger partial charge is 0.267 e. The Kier molecular flexibility index (Phi) is 5.14. The Labute approximate surface area is 161 Å². The number of hydrogen-bond donors (Lipinski definition) is 1. The number of carbonyl (C=O) groups is 1. The van der Waals surface area contributed by atoms with Crippen molar-refractivity contribution in [2.45, 2.75) is 4.90 Å². The van der Waals surface area contributed by atoms with Gasteiger partial charge in [0.05, 0.1) is 12.6 Å². The highest BCUT2D eigenvalue weighted by Crippen LogP contribution is 2.31. The van der Waals surface area contributed by atoms with Gasteiger partial charge in [-0.05, 0) is 48.7 Å².